The van der Waals surface area contributed by atoms with Gasteiger partial charge in [0.05, 0.1) is 12.7 Å². The minimum absolute atomic E-state index is 0. The third-order valence-corrected chi connectivity index (χ3v) is 2.08. The van der Waals surface area contributed by atoms with Gasteiger partial charge < -0.3 is 9.13 Å². The molecule has 0 aromatic carbocycles. The summed E-state index contributed by atoms with van der Waals surface area (Å²) in [6.07, 6.45) is 13.6. The summed E-state index contributed by atoms with van der Waals surface area (Å²) in [4.78, 5) is 7.81. The second-order valence-electron chi connectivity index (χ2n) is 3.60. The first-order valence-electron chi connectivity index (χ1n) is 5.78. The van der Waals surface area contributed by atoms with E-state index >= 15 is 0 Å². The summed E-state index contributed by atoms with van der Waals surface area (Å²) in [7, 11) is 0. The molecule has 0 N–H and O–H groups in total. The van der Waals surface area contributed by atoms with Crippen molar-refractivity contribution < 1.29 is 21.1 Å². The predicted octanol–water partition coefficient (Wildman–Crippen LogP) is 2.58. The fourth-order valence-corrected chi connectivity index (χ4v) is 1.35. The fourth-order valence-electron chi connectivity index (χ4n) is 1.35. The van der Waals surface area contributed by atoms with E-state index in [-0.39, 0.29) is 21.1 Å². The maximum Gasteiger partial charge on any atom is 2.00 e. The Balaban J connectivity index is 0.000000284. The summed E-state index contributed by atoms with van der Waals surface area (Å²) in [5.41, 5.74) is 0. The molecule has 0 saturated heterocycles. The van der Waals surface area contributed by atoms with Crippen LogP contribution in [0.1, 0.15) is 26.7 Å². The first-order valence-corrected chi connectivity index (χ1v) is 5.78. The van der Waals surface area contributed by atoms with E-state index in [1.165, 1.54) is 12.8 Å². The largest absolute Gasteiger partial charge is 2.00 e. The second kappa shape index (κ2) is 10.3. The Hall–Kier alpha value is -0.892. The number of aromatic nitrogens is 4. The summed E-state index contributed by atoms with van der Waals surface area (Å²) in [6, 6.07) is 0. The summed E-state index contributed by atoms with van der Waals surface area (Å²) in [6.45, 7) is 6.47. The van der Waals surface area contributed by atoms with Crippen LogP contribution in [0.5, 0.6) is 0 Å². The molecule has 0 radical (unpaired) electrons. The molecule has 2 heterocycles. The van der Waals surface area contributed by atoms with Crippen molar-refractivity contribution in [3.8, 4) is 0 Å². The van der Waals surface area contributed by atoms with Crippen LogP contribution in [0.2, 0.25) is 0 Å². The van der Waals surface area contributed by atoms with Crippen LogP contribution < -0.4 is 0 Å². The van der Waals surface area contributed by atoms with Gasteiger partial charge in [0.15, 0.2) is 0 Å². The third-order valence-electron chi connectivity index (χ3n) is 2.08. The van der Waals surface area contributed by atoms with E-state index in [1.54, 1.807) is 12.4 Å². The molecule has 5 heteroatoms. The van der Waals surface area contributed by atoms with Crippen molar-refractivity contribution in [3.63, 3.8) is 0 Å². The molecular weight excluding hydrogens is 395 g/mol. The minimum Gasteiger partial charge on any atom is -0.338 e. The van der Waals surface area contributed by atoms with Gasteiger partial charge in [-0.15, -0.1) is 0 Å². The van der Waals surface area contributed by atoms with Gasteiger partial charge in [-0.1, -0.05) is 13.8 Å². The van der Waals surface area contributed by atoms with Crippen molar-refractivity contribution in [1.29, 1.82) is 0 Å². The molecule has 0 aliphatic heterocycles. The summed E-state index contributed by atoms with van der Waals surface area (Å²) in [5.74, 6) is 0. The normalized spacial score (nSPS) is 9.06. The molecule has 0 aliphatic rings. The number of imidazole rings is 2. The maximum atomic E-state index is 3.90. The monoisotopic (exact) mass is 415 g/mol. The molecular formula is C12H20N4Pt+2. The topological polar surface area (TPSA) is 35.6 Å². The van der Waals surface area contributed by atoms with Crippen LogP contribution in [-0.2, 0) is 34.2 Å². The molecule has 0 atom stereocenters. The quantitative estimate of drug-likeness (QED) is 0.770. The number of rotatable bonds is 4. The van der Waals surface area contributed by atoms with Crippen LogP contribution in [0.4, 0.5) is 0 Å². The Bertz CT molecular complexity index is 306. The van der Waals surface area contributed by atoms with Crippen molar-refractivity contribution in [2.24, 2.45) is 0 Å². The van der Waals surface area contributed by atoms with Crippen LogP contribution in [0.15, 0.2) is 37.4 Å². The molecule has 2 aromatic heterocycles. The van der Waals surface area contributed by atoms with Gasteiger partial charge in [-0.05, 0) is 12.8 Å². The van der Waals surface area contributed by atoms with Crippen molar-refractivity contribution in [2.45, 2.75) is 39.8 Å². The van der Waals surface area contributed by atoms with Gasteiger partial charge in [-0.2, -0.15) is 0 Å². The van der Waals surface area contributed by atoms with Crippen LogP contribution in [0, 0.1) is 0 Å². The van der Waals surface area contributed by atoms with Gasteiger partial charge in [0.1, 0.15) is 0 Å². The molecule has 2 aromatic rings. The Kier molecular flexibility index (Phi) is 9.74. The molecule has 96 valence electrons. The molecule has 0 saturated carbocycles. The van der Waals surface area contributed by atoms with Crippen LogP contribution in [0.25, 0.3) is 0 Å². The molecule has 0 amide bonds. The van der Waals surface area contributed by atoms with Crippen LogP contribution in [0.3, 0.4) is 0 Å². The number of hydrogen-bond donors (Lipinski definition) is 0. The van der Waals surface area contributed by atoms with Crippen molar-refractivity contribution in [1.82, 2.24) is 19.1 Å². The molecule has 0 unspecified atom stereocenters. The molecule has 2 rings (SSSR count). The Labute approximate surface area is 117 Å². The van der Waals surface area contributed by atoms with E-state index < -0.39 is 0 Å². The van der Waals surface area contributed by atoms with E-state index in [0.29, 0.717) is 0 Å². The maximum absolute atomic E-state index is 3.90. The van der Waals surface area contributed by atoms with Gasteiger partial charge in [0.2, 0.25) is 0 Å². The third kappa shape index (κ3) is 7.11. The van der Waals surface area contributed by atoms with Gasteiger partial charge in [0, 0.05) is 37.9 Å². The average Bonchev–Trinajstić information content (AvgIpc) is 2.92. The Morgan fingerprint density at radius 3 is 1.47 bits per heavy atom. The molecule has 0 fully saturated rings. The molecule has 0 bridgehead atoms. The SMILES string of the molecule is CCCn1ccnc1.CCCn1ccnc1.[Pt+2]. The molecule has 0 aliphatic carbocycles. The predicted molar refractivity (Wildman–Crippen MR) is 65.0 cm³/mol. The van der Waals surface area contributed by atoms with E-state index in [1.807, 2.05) is 25.0 Å². The second-order valence-corrected chi connectivity index (χ2v) is 3.60. The van der Waals surface area contributed by atoms with Crippen LogP contribution in [-0.4, -0.2) is 19.1 Å². The zero-order valence-electron chi connectivity index (χ0n) is 10.4. The van der Waals surface area contributed by atoms with Crippen molar-refractivity contribution in [3.05, 3.63) is 37.4 Å². The fraction of sp³-hybridized carbons (Fsp3) is 0.500. The van der Waals surface area contributed by atoms with Crippen molar-refractivity contribution in [2.75, 3.05) is 0 Å². The van der Waals surface area contributed by atoms with Gasteiger partial charge in [0.25, 0.3) is 0 Å². The van der Waals surface area contributed by atoms with E-state index in [0.717, 1.165) is 13.1 Å². The van der Waals surface area contributed by atoms with Gasteiger partial charge in [-0.3, -0.25) is 0 Å². The zero-order valence-corrected chi connectivity index (χ0v) is 12.7. The smallest absolute Gasteiger partial charge is 0.338 e. The molecule has 0 spiro atoms. The number of nitrogens with zero attached hydrogens (tertiary/aromatic N) is 4. The summed E-state index contributed by atoms with van der Waals surface area (Å²) >= 11 is 0. The van der Waals surface area contributed by atoms with Gasteiger partial charge >= 0.3 is 21.1 Å². The number of aryl methyl sites for hydroxylation is 2. The summed E-state index contributed by atoms with van der Waals surface area (Å²) in [5, 5.41) is 0. The zero-order chi connectivity index (χ0) is 11.6. The van der Waals surface area contributed by atoms with E-state index in [4.69, 9.17) is 0 Å². The number of hydrogen-bond acceptors (Lipinski definition) is 2. The summed E-state index contributed by atoms with van der Waals surface area (Å²) < 4.78 is 4.14. The average molecular weight is 415 g/mol. The standard InChI is InChI=1S/2C6H10N2.Pt/c2*1-2-4-8-5-3-7-6-8;/h2*3,5-6H,2,4H2,1H3;/q;;+2. The Morgan fingerprint density at radius 2 is 1.24 bits per heavy atom. The van der Waals surface area contributed by atoms with Crippen molar-refractivity contribution >= 4 is 0 Å². The molecule has 4 nitrogen and oxygen atoms in total. The minimum atomic E-state index is 0. The first-order chi connectivity index (χ1) is 7.86. The van der Waals surface area contributed by atoms with E-state index in [2.05, 4.69) is 32.9 Å². The van der Waals surface area contributed by atoms with Gasteiger partial charge in [-0.25, -0.2) is 9.97 Å². The van der Waals surface area contributed by atoms with Crippen LogP contribution >= 0.6 is 0 Å². The Morgan fingerprint density at radius 1 is 0.824 bits per heavy atom. The molecule has 17 heavy (non-hydrogen) atoms. The first kappa shape index (κ1) is 16.1. The van der Waals surface area contributed by atoms with E-state index in [9.17, 15) is 0 Å².